The van der Waals surface area contributed by atoms with Crippen LogP contribution in [-0.2, 0) is 13.5 Å². The van der Waals surface area contributed by atoms with Crippen LogP contribution in [0, 0.1) is 12.8 Å². The Bertz CT molecular complexity index is 358. The summed E-state index contributed by atoms with van der Waals surface area (Å²) in [6.45, 7) is 9.59. The number of likely N-dealkylation sites (N-methyl/N-ethyl adjacent to an activating group) is 1. The van der Waals surface area contributed by atoms with Crippen LogP contribution in [0.25, 0.3) is 0 Å². The Morgan fingerprint density at radius 2 is 2.06 bits per heavy atom. The number of hydrogen-bond donors (Lipinski definition) is 1. The number of aromatic nitrogens is 2. The van der Waals surface area contributed by atoms with Gasteiger partial charge in [0.25, 0.3) is 0 Å². The van der Waals surface area contributed by atoms with E-state index in [1.807, 2.05) is 18.7 Å². The second-order valence-electron chi connectivity index (χ2n) is 5.06. The molecular formula is C13H24ClN3. The van der Waals surface area contributed by atoms with Crippen LogP contribution in [0.2, 0.25) is 5.02 Å². The lowest BCUT2D eigenvalue weighted by molar-refractivity contribution is 0.416. The number of nitrogens with zero attached hydrogens (tertiary/aromatic N) is 2. The van der Waals surface area contributed by atoms with Gasteiger partial charge in [-0.25, -0.2) is 0 Å². The Kier molecular flexibility index (Phi) is 5.47. The zero-order chi connectivity index (χ0) is 13.0. The van der Waals surface area contributed by atoms with E-state index in [1.54, 1.807) is 0 Å². The Hall–Kier alpha value is -0.540. The normalized spacial score (nSPS) is 13.4. The van der Waals surface area contributed by atoms with Crippen LogP contribution in [0.5, 0.6) is 0 Å². The standard InChI is InChI=1S/C13H24ClN3/c1-6-15-11(7-9(2)3)8-12-13(14)10(4)16-17(12)5/h9,11,15H,6-8H2,1-5H3. The molecule has 0 bridgehead atoms. The molecule has 3 nitrogen and oxygen atoms in total. The van der Waals surface area contributed by atoms with Crippen LogP contribution < -0.4 is 5.32 Å². The minimum absolute atomic E-state index is 0.479. The predicted octanol–water partition coefficient (Wildman–Crippen LogP) is 2.95. The number of aryl methyl sites for hydroxylation is 2. The third-order valence-electron chi connectivity index (χ3n) is 2.95. The van der Waals surface area contributed by atoms with Crippen LogP contribution in [0.4, 0.5) is 0 Å². The van der Waals surface area contributed by atoms with Crippen LogP contribution >= 0.6 is 11.6 Å². The third kappa shape index (κ3) is 4.00. The van der Waals surface area contributed by atoms with E-state index in [2.05, 4.69) is 31.2 Å². The van der Waals surface area contributed by atoms with Crippen molar-refractivity contribution in [1.29, 1.82) is 0 Å². The lowest BCUT2D eigenvalue weighted by Gasteiger charge is -2.20. The molecule has 0 fully saturated rings. The first-order valence-electron chi connectivity index (χ1n) is 6.37. The fourth-order valence-corrected chi connectivity index (χ4v) is 2.47. The molecule has 1 heterocycles. The average molecular weight is 258 g/mol. The maximum Gasteiger partial charge on any atom is 0.0847 e. The second kappa shape index (κ2) is 6.41. The van der Waals surface area contributed by atoms with Crippen LogP contribution in [0.15, 0.2) is 0 Å². The molecule has 0 aliphatic carbocycles. The molecule has 0 amide bonds. The van der Waals surface area contributed by atoms with Crippen molar-refractivity contribution in [3.8, 4) is 0 Å². The van der Waals surface area contributed by atoms with Gasteiger partial charge in [0.2, 0.25) is 0 Å². The van der Waals surface area contributed by atoms with Gasteiger partial charge in [-0.15, -0.1) is 0 Å². The largest absolute Gasteiger partial charge is 0.314 e. The summed E-state index contributed by atoms with van der Waals surface area (Å²) in [5, 5.41) is 8.70. The topological polar surface area (TPSA) is 29.9 Å². The Morgan fingerprint density at radius 3 is 2.47 bits per heavy atom. The van der Waals surface area contributed by atoms with Crippen molar-refractivity contribution in [2.45, 2.75) is 46.6 Å². The molecule has 1 N–H and O–H groups in total. The van der Waals surface area contributed by atoms with E-state index < -0.39 is 0 Å². The minimum atomic E-state index is 0.479. The maximum atomic E-state index is 6.28. The number of hydrogen-bond acceptors (Lipinski definition) is 2. The number of rotatable bonds is 6. The molecule has 98 valence electrons. The zero-order valence-electron chi connectivity index (χ0n) is 11.5. The van der Waals surface area contributed by atoms with Gasteiger partial charge in [-0.05, 0) is 25.8 Å². The lowest BCUT2D eigenvalue weighted by atomic mass is 9.99. The summed E-state index contributed by atoms with van der Waals surface area (Å²) in [5.41, 5.74) is 2.06. The van der Waals surface area contributed by atoms with Gasteiger partial charge in [0.15, 0.2) is 0 Å². The highest BCUT2D eigenvalue weighted by atomic mass is 35.5. The molecule has 0 saturated heterocycles. The first-order chi connectivity index (χ1) is 7.95. The van der Waals surface area contributed by atoms with Gasteiger partial charge in [0, 0.05) is 19.5 Å². The summed E-state index contributed by atoms with van der Waals surface area (Å²) in [7, 11) is 1.96. The first-order valence-corrected chi connectivity index (χ1v) is 6.74. The quantitative estimate of drug-likeness (QED) is 0.849. The highest BCUT2D eigenvalue weighted by Crippen LogP contribution is 2.22. The molecule has 1 atom stereocenters. The van der Waals surface area contributed by atoms with E-state index >= 15 is 0 Å². The summed E-state index contributed by atoms with van der Waals surface area (Å²) in [4.78, 5) is 0. The van der Waals surface area contributed by atoms with Gasteiger partial charge in [0.05, 0.1) is 16.4 Å². The summed E-state index contributed by atoms with van der Waals surface area (Å²) in [6, 6.07) is 0.479. The van der Waals surface area contributed by atoms with E-state index in [9.17, 15) is 0 Å². The maximum absolute atomic E-state index is 6.28. The summed E-state index contributed by atoms with van der Waals surface area (Å²) >= 11 is 6.28. The molecule has 4 heteroatoms. The molecule has 0 spiro atoms. The van der Waals surface area contributed by atoms with E-state index in [0.29, 0.717) is 12.0 Å². The van der Waals surface area contributed by atoms with E-state index in [1.165, 1.54) is 0 Å². The average Bonchev–Trinajstić information content (AvgIpc) is 2.44. The van der Waals surface area contributed by atoms with Crippen molar-refractivity contribution in [3.05, 3.63) is 16.4 Å². The third-order valence-corrected chi connectivity index (χ3v) is 3.44. The molecule has 0 saturated carbocycles. The molecule has 17 heavy (non-hydrogen) atoms. The molecule has 0 aromatic carbocycles. The summed E-state index contributed by atoms with van der Waals surface area (Å²) in [5.74, 6) is 0.687. The molecule has 1 unspecified atom stereocenters. The van der Waals surface area contributed by atoms with Crippen LogP contribution in [0.1, 0.15) is 38.6 Å². The van der Waals surface area contributed by atoms with Gasteiger partial charge < -0.3 is 5.32 Å². The Balaban J connectivity index is 2.78. The van der Waals surface area contributed by atoms with Crippen molar-refractivity contribution < 1.29 is 0 Å². The van der Waals surface area contributed by atoms with E-state index in [-0.39, 0.29) is 0 Å². The minimum Gasteiger partial charge on any atom is -0.314 e. The van der Waals surface area contributed by atoms with Gasteiger partial charge in [-0.2, -0.15) is 5.10 Å². The fraction of sp³-hybridized carbons (Fsp3) is 0.769. The fourth-order valence-electron chi connectivity index (χ4n) is 2.23. The second-order valence-corrected chi connectivity index (χ2v) is 5.44. The van der Waals surface area contributed by atoms with Crippen LogP contribution in [-0.4, -0.2) is 22.4 Å². The van der Waals surface area contributed by atoms with Crippen molar-refractivity contribution >= 4 is 11.6 Å². The smallest absolute Gasteiger partial charge is 0.0847 e. The predicted molar refractivity (Wildman–Crippen MR) is 73.6 cm³/mol. The Morgan fingerprint density at radius 1 is 1.41 bits per heavy atom. The van der Waals surface area contributed by atoms with Crippen LogP contribution in [0.3, 0.4) is 0 Å². The van der Waals surface area contributed by atoms with Crippen molar-refractivity contribution in [1.82, 2.24) is 15.1 Å². The van der Waals surface area contributed by atoms with Crippen molar-refractivity contribution in [3.63, 3.8) is 0 Å². The van der Waals surface area contributed by atoms with E-state index in [0.717, 1.165) is 35.8 Å². The van der Waals surface area contributed by atoms with Crippen molar-refractivity contribution in [2.75, 3.05) is 6.54 Å². The molecule has 1 rings (SSSR count). The molecule has 1 aromatic heterocycles. The zero-order valence-corrected chi connectivity index (χ0v) is 12.3. The summed E-state index contributed by atoms with van der Waals surface area (Å²) < 4.78 is 1.91. The first kappa shape index (κ1) is 14.5. The molecule has 0 aliphatic heterocycles. The van der Waals surface area contributed by atoms with Gasteiger partial charge in [-0.1, -0.05) is 32.4 Å². The molecule has 0 aliphatic rings. The van der Waals surface area contributed by atoms with Gasteiger partial charge >= 0.3 is 0 Å². The number of nitrogens with one attached hydrogen (secondary N) is 1. The molecular weight excluding hydrogens is 234 g/mol. The van der Waals surface area contributed by atoms with Gasteiger partial charge in [0.1, 0.15) is 0 Å². The monoisotopic (exact) mass is 257 g/mol. The summed E-state index contributed by atoms with van der Waals surface area (Å²) in [6.07, 6.45) is 2.11. The van der Waals surface area contributed by atoms with Crippen molar-refractivity contribution in [2.24, 2.45) is 13.0 Å². The number of halogens is 1. The SMILES string of the molecule is CCNC(Cc1c(Cl)c(C)nn1C)CC(C)C. The lowest BCUT2D eigenvalue weighted by Crippen LogP contribution is -2.33. The highest BCUT2D eigenvalue weighted by molar-refractivity contribution is 6.31. The highest BCUT2D eigenvalue weighted by Gasteiger charge is 2.17. The van der Waals surface area contributed by atoms with E-state index in [4.69, 9.17) is 11.6 Å². The molecule has 0 radical (unpaired) electrons. The molecule has 1 aromatic rings. The Labute approximate surface area is 110 Å². The van der Waals surface area contributed by atoms with Gasteiger partial charge in [-0.3, -0.25) is 4.68 Å².